The molecule has 0 unspecified atom stereocenters. The summed E-state index contributed by atoms with van der Waals surface area (Å²) in [4.78, 5) is 0. The van der Waals surface area contributed by atoms with Crippen molar-refractivity contribution in [1.29, 1.82) is 0 Å². The third-order valence-corrected chi connectivity index (χ3v) is 4.73. The van der Waals surface area contributed by atoms with Gasteiger partial charge in [-0.1, -0.05) is 17.7 Å². The summed E-state index contributed by atoms with van der Waals surface area (Å²) in [6.07, 6.45) is 9.17. The van der Waals surface area contributed by atoms with Crippen molar-refractivity contribution in [2.24, 2.45) is 0 Å². The molecule has 94 valence electrons. The third kappa shape index (κ3) is 5.82. The van der Waals surface area contributed by atoms with Crippen molar-refractivity contribution in [2.45, 2.75) is 57.9 Å². The highest BCUT2D eigenvalue weighted by atomic mass is 28.2. The molecule has 0 saturated carbocycles. The van der Waals surface area contributed by atoms with Gasteiger partial charge < -0.3 is 9.47 Å². The van der Waals surface area contributed by atoms with Gasteiger partial charge in [-0.3, -0.25) is 0 Å². The molecule has 0 aromatic carbocycles. The molecule has 0 aromatic rings. The van der Waals surface area contributed by atoms with Crippen LogP contribution in [0.1, 0.15) is 46.0 Å². The van der Waals surface area contributed by atoms with Gasteiger partial charge in [0, 0.05) is 13.2 Å². The first-order chi connectivity index (χ1) is 7.86. The molecule has 2 nitrogen and oxygen atoms in total. The van der Waals surface area contributed by atoms with Crippen molar-refractivity contribution in [3.63, 3.8) is 0 Å². The Balaban J connectivity index is 2.13. The van der Waals surface area contributed by atoms with Crippen LogP contribution in [0.3, 0.4) is 0 Å². The summed E-state index contributed by atoms with van der Waals surface area (Å²) in [5.41, 5.74) is 1.69. The maximum absolute atomic E-state index is 5.59. The van der Waals surface area contributed by atoms with Crippen molar-refractivity contribution in [2.75, 3.05) is 13.2 Å². The van der Waals surface area contributed by atoms with E-state index in [1.807, 2.05) is 13.8 Å². The van der Waals surface area contributed by atoms with Crippen molar-refractivity contribution in [3.8, 4) is 0 Å². The van der Waals surface area contributed by atoms with E-state index in [1.165, 1.54) is 38.1 Å². The molecule has 0 bridgehead atoms. The fourth-order valence-corrected chi connectivity index (χ4v) is 4.01. The lowest BCUT2D eigenvalue weighted by Crippen LogP contribution is -2.24. The molecular weight excluding hydrogens is 216 g/mol. The third-order valence-electron chi connectivity index (χ3n) is 3.03. The van der Waals surface area contributed by atoms with Gasteiger partial charge >= 0.3 is 0 Å². The minimum atomic E-state index is -0.227. The largest absolute Gasteiger partial charge is 0.357 e. The fourth-order valence-electron chi connectivity index (χ4n) is 2.21. The molecular formula is C13H26O2Si. The molecule has 16 heavy (non-hydrogen) atoms. The Labute approximate surface area is 102 Å². The normalized spacial score (nSPS) is 17.3. The Bertz CT molecular complexity index is 198. The zero-order valence-corrected chi connectivity index (χ0v) is 12.2. The van der Waals surface area contributed by atoms with E-state index in [0.717, 1.165) is 13.2 Å². The Morgan fingerprint density at radius 1 is 1.25 bits per heavy atom. The number of rotatable bonds is 8. The zero-order chi connectivity index (χ0) is 11.6. The van der Waals surface area contributed by atoms with Gasteiger partial charge in [0.15, 0.2) is 0 Å². The van der Waals surface area contributed by atoms with Gasteiger partial charge in [-0.2, -0.15) is 0 Å². The summed E-state index contributed by atoms with van der Waals surface area (Å²) in [7, 11) is -0.227. The van der Waals surface area contributed by atoms with E-state index < -0.39 is 0 Å². The lowest BCUT2D eigenvalue weighted by atomic mass is 9.98. The maximum Gasteiger partial charge on any atom is 0.134 e. The molecule has 0 spiro atoms. The first kappa shape index (κ1) is 13.9. The van der Waals surface area contributed by atoms with Crippen LogP contribution in [0.5, 0.6) is 0 Å². The number of hydrogen-bond donors (Lipinski definition) is 0. The Kier molecular flexibility index (Phi) is 7.81. The molecule has 1 rings (SSSR count). The highest BCUT2D eigenvalue weighted by Crippen LogP contribution is 2.21. The SMILES string of the molecule is CCOC(OCC)[SiH2]CCC1=CCCCC1. The molecule has 0 saturated heterocycles. The van der Waals surface area contributed by atoms with E-state index >= 15 is 0 Å². The van der Waals surface area contributed by atoms with Crippen LogP contribution in [0, 0.1) is 0 Å². The van der Waals surface area contributed by atoms with E-state index in [4.69, 9.17) is 9.47 Å². The molecule has 1 aliphatic rings. The fraction of sp³-hybridized carbons (Fsp3) is 0.846. The molecule has 0 N–H and O–H groups in total. The summed E-state index contributed by atoms with van der Waals surface area (Å²) < 4.78 is 11.2. The van der Waals surface area contributed by atoms with Crippen LogP contribution in [-0.4, -0.2) is 28.6 Å². The second-order valence-electron chi connectivity index (χ2n) is 4.34. The van der Waals surface area contributed by atoms with Crippen LogP contribution in [0.25, 0.3) is 0 Å². The van der Waals surface area contributed by atoms with E-state index in [9.17, 15) is 0 Å². The van der Waals surface area contributed by atoms with Crippen molar-refractivity contribution in [3.05, 3.63) is 11.6 Å². The standard InChI is InChI=1S/C13H26O2Si/c1-3-14-13(15-4-2)16-11-10-12-8-6-5-7-9-12/h8,13H,3-7,9-11,16H2,1-2H3. The molecule has 0 aliphatic heterocycles. The smallest absolute Gasteiger partial charge is 0.134 e. The van der Waals surface area contributed by atoms with Gasteiger partial charge in [0.25, 0.3) is 0 Å². The second kappa shape index (κ2) is 8.96. The molecule has 0 amide bonds. The highest BCUT2D eigenvalue weighted by molar-refractivity contribution is 6.36. The minimum absolute atomic E-state index is 0.152. The second-order valence-corrected chi connectivity index (χ2v) is 6.29. The number of hydrogen-bond acceptors (Lipinski definition) is 2. The summed E-state index contributed by atoms with van der Waals surface area (Å²) in [5, 5.41) is 0. The predicted molar refractivity (Wildman–Crippen MR) is 71.6 cm³/mol. The first-order valence-corrected chi connectivity index (χ1v) is 8.59. The molecule has 0 radical (unpaired) electrons. The molecule has 0 fully saturated rings. The topological polar surface area (TPSA) is 18.5 Å². The summed E-state index contributed by atoms with van der Waals surface area (Å²) in [5.74, 6) is 0.152. The summed E-state index contributed by atoms with van der Waals surface area (Å²) >= 11 is 0. The van der Waals surface area contributed by atoms with E-state index in [0.29, 0.717) is 0 Å². The average molecular weight is 242 g/mol. The van der Waals surface area contributed by atoms with Crippen LogP contribution in [-0.2, 0) is 9.47 Å². The van der Waals surface area contributed by atoms with Crippen LogP contribution in [0.4, 0.5) is 0 Å². The van der Waals surface area contributed by atoms with Crippen LogP contribution in [0.15, 0.2) is 11.6 Å². The number of allylic oxidation sites excluding steroid dienone is 2. The van der Waals surface area contributed by atoms with Crippen molar-refractivity contribution in [1.82, 2.24) is 0 Å². The van der Waals surface area contributed by atoms with Crippen LogP contribution < -0.4 is 0 Å². The predicted octanol–water partition coefficient (Wildman–Crippen LogP) is 2.82. The quantitative estimate of drug-likeness (QED) is 0.370. The van der Waals surface area contributed by atoms with E-state index in [2.05, 4.69) is 6.08 Å². The van der Waals surface area contributed by atoms with Gasteiger partial charge in [0.05, 0.1) is 9.52 Å². The average Bonchev–Trinajstić information content (AvgIpc) is 2.31. The minimum Gasteiger partial charge on any atom is -0.357 e. The lowest BCUT2D eigenvalue weighted by molar-refractivity contribution is -0.0827. The molecule has 0 atom stereocenters. The lowest BCUT2D eigenvalue weighted by Gasteiger charge is -2.17. The van der Waals surface area contributed by atoms with Crippen LogP contribution in [0.2, 0.25) is 6.04 Å². The van der Waals surface area contributed by atoms with Gasteiger partial charge in [-0.25, -0.2) is 0 Å². The Morgan fingerprint density at radius 2 is 2.00 bits per heavy atom. The first-order valence-electron chi connectivity index (χ1n) is 6.78. The highest BCUT2D eigenvalue weighted by Gasteiger charge is 2.09. The van der Waals surface area contributed by atoms with Gasteiger partial charge in [0.2, 0.25) is 0 Å². The van der Waals surface area contributed by atoms with Gasteiger partial charge in [0.1, 0.15) is 5.91 Å². The maximum atomic E-state index is 5.59. The molecule has 0 heterocycles. The van der Waals surface area contributed by atoms with Crippen molar-refractivity contribution < 1.29 is 9.47 Å². The number of ether oxygens (including phenoxy) is 2. The molecule has 3 heteroatoms. The summed E-state index contributed by atoms with van der Waals surface area (Å²) in [6.45, 7) is 5.65. The molecule has 1 aliphatic carbocycles. The van der Waals surface area contributed by atoms with Gasteiger partial charge in [-0.15, -0.1) is 0 Å². The van der Waals surface area contributed by atoms with Crippen LogP contribution >= 0.6 is 0 Å². The van der Waals surface area contributed by atoms with Gasteiger partial charge in [-0.05, 0) is 46.0 Å². The Hall–Kier alpha value is -0.123. The van der Waals surface area contributed by atoms with Crippen molar-refractivity contribution >= 4 is 9.52 Å². The van der Waals surface area contributed by atoms with E-state index in [1.54, 1.807) is 5.57 Å². The summed E-state index contributed by atoms with van der Waals surface area (Å²) in [6, 6.07) is 1.33. The molecule has 0 aromatic heterocycles. The monoisotopic (exact) mass is 242 g/mol. The Morgan fingerprint density at radius 3 is 2.56 bits per heavy atom. The zero-order valence-electron chi connectivity index (χ0n) is 10.8. The van der Waals surface area contributed by atoms with E-state index in [-0.39, 0.29) is 15.4 Å².